The number of benzene rings is 1. The number of hydrogen-bond acceptors (Lipinski definition) is 2. The first-order chi connectivity index (χ1) is 8.94. The fraction of sp³-hybridized carbons (Fsp3) is 0.625. The first-order valence-electron chi connectivity index (χ1n) is 7.10. The predicted octanol–water partition coefficient (Wildman–Crippen LogP) is 3.82. The summed E-state index contributed by atoms with van der Waals surface area (Å²) >= 11 is 0. The number of halogens is 1. The van der Waals surface area contributed by atoms with Crippen molar-refractivity contribution in [3.05, 3.63) is 35.6 Å². The normalized spacial score (nSPS) is 18.1. The van der Waals surface area contributed by atoms with Crippen LogP contribution in [0.3, 0.4) is 0 Å². The van der Waals surface area contributed by atoms with E-state index in [1.165, 1.54) is 12.5 Å². The Morgan fingerprint density at radius 1 is 1.37 bits per heavy atom. The van der Waals surface area contributed by atoms with E-state index in [2.05, 4.69) is 26.1 Å². The summed E-state index contributed by atoms with van der Waals surface area (Å²) in [6.45, 7) is 7.08. The lowest BCUT2D eigenvalue weighted by Gasteiger charge is -2.32. The third-order valence-electron chi connectivity index (χ3n) is 3.45. The lowest BCUT2D eigenvalue weighted by Crippen LogP contribution is -2.40. The minimum absolute atomic E-state index is 0.0363. The second-order valence-corrected chi connectivity index (χ2v) is 6.36. The summed E-state index contributed by atoms with van der Waals surface area (Å²) in [5.74, 6) is -0.199. The number of ether oxygens (including phenoxy) is 1. The highest BCUT2D eigenvalue weighted by atomic mass is 19.1. The van der Waals surface area contributed by atoms with Crippen molar-refractivity contribution >= 4 is 0 Å². The molecular weight excluding hydrogens is 241 g/mol. The molecule has 1 aliphatic carbocycles. The molecule has 3 heteroatoms. The fourth-order valence-electron chi connectivity index (χ4n) is 2.09. The summed E-state index contributed by atoms with van der Waals surface area (Å²) in [5.41, 5.74) is 0.956. The van der Waals surface area contributed by atoms with Crippen LogP contribution in [-0.2, 0) is 4.74 Å². The van der Waals surface area contributed by atoms with E-state index in [-0.39, 0.29) is 17.5 Å². The van der Waals surface area contributed by atoms with Crippen LogP contribution in [0.4, 0.5) is 4.39 Å². The maximum atomic E-state index is 13.4. The molecule has 0 aromatic heterocycles. The Hall–Kier alpha value is -0.930. The molecule has 1 saturated carbocycles. The van der Waals surface area contributed by atoms with Crippen molar-refractivity contribution in [2.45, 2.75) is 57.8 Å². The van der Waals surface area contributed by atoms with Crippen molar-refractivity contribution < 1.29 is 9.13 Å². The highest BCUT2D eigenvalue weighted by Gasteiger charge is 2.24. The van der Waals surface area contributed by atoms with Gasteiger partial charge in [0.25, 0.3) is 0 Å². The minimum Gasteiger partial charge on any atom is -0.369 e. The Bertz CT molecular complexity index is 409. The molecule has 1 fully saturated rings. The summed E-state index contributed by atoms with van der Waals surface area (Å²) in [6, 6.07) is 6.74. The standard InChI is InChI=1S/C16H24FNO/c1-16(2,3)18-11-15(19-14-8-5-9-14)12-6-4-7-13(17)10-12/h4,6-7,10,14-15,18H,5,8-9,11H2,1-3H3. The summed E-state index contributed by atoms with van der Waals surface area (Å²) in [7, 11) is 0. The molecule has 1 aliphatic rings. The van der Waals surface area contributed by atoms with Crippen LogP contribution < -0.4 is 5.32 Å². The molecule has 2 nitrogen and oxygen atoms in total. The van der Waals surface area contributed by atoms with E-state index in [1.54, 1.807) is 12.1 Å². The zero-order chi connectivity index (χ0) is 13.9. The zero-order valence-corrected chi connectivity index (χ0v) is 12.1. The smallest absolute Gasteiger partial charge is 0.123 e. The molecule has 1 aromatic carbocycles. The van der Waals surface area contributed by atoms with Crippen molar-refractivity contribution in [1.29, 1.82) is 0 Å². The van der Waals surface area contributed by atoms with Gasteiger partial charge < -0.3 is 10.1 Å². The van der Waals surface area contributed by atoms with Crippen LogP contribution in [0.25, 0.3) is 0 Å². The molecule has 0 radical (unpaired) electrons. The van der Waals surface area contributed by atoms with E-state index >= 15 is 0 Å². The van der Waals surface area contributed by atoms with Crippen LogP contribution in [0.1, 0.15) is 51.7 Å². The van der Waals surface area contributed by atoms with Crippen molar-refractivity contribution in [1.82, 2.24) is 5.32 Å². The van der Waals surface area contributed by atoms with E-state index in [9.17, 15) is 4.39 Å². The quantitative estimate of drug-likeness (QED) is 0.873. The van der Waals surface area contributed by atoms with Crippen LogP contribution in [0.2, 0.25) is 0 Å². The van der Waals surface area contributed by atoms with E-state index in [0.29, 0.717) is 12.6 Å². The number of rotatable bonds is 5. The van der Waals surface area contributed by atoms with E-state index in [1.807, 2.05) is 6.07 Å². The first-order valence-corrected chi connectivity index (χ1v) is 7.10. The van der Waals surface area contributed by atoms with Gasteiger partial charge in [0, 0.05) is 12.1 Å². The molecule has 19 heavy (non-hydrogen) atoms. The third-order valence-corrected chi connectivity index (χ3v) is 3.45. The van der Waals surface area contributed by atoms with Gasteiger partial charge in [-0.1, -0.05) is 12.1 Å². The van der Waals surface area contributed by atoms with Gasteiger partial charge in [-0.2, -0.15) is 0 Å². The molecule has 0 spiro atoms. The van der Waals surface area contributed by atoms with Gasteiger partial charge in [0.1, 0.15) is 5.82 Å². The van der Waals surface area contributed by atoms with Crippen LogP contribution >= 0.6 is 0 Å². The largest absolute Gasteiger partial charge is 0.369 e. The maximum absolute atomic E-state index is 13.4. The SMILES string of the molecule is CC(C)(C)NCC(OC1CCC1)c1cccc(F)c1. The van der Waals surface area contributed by atoms with E-state index in [0.717, 1.165) is 18.4 Å². The number of hydrogen-bond donors (Lipinski definition) is 1. The second kappa shape index (κ2) is 6.02. The summed E-state index contributed by atoms with van der Waals surface area (Å²) in [6.07, 6.45) is 3.77. The van der Waals surface area contributed by atoms with Gasteiger partial charge in [-0.3, -0.25) is 0 Å². The molecule has 1 N–H and O–H groups in total. The molecule has 0 saturated heterocycles. The highest BCUT2D eigenvalue weighted by molar-refractivity contribution is 5.19. The molecule has 2 rings (SSSR count). The average molecular weight is 265 g/mol. The monoisotopic (exact) mass is 265 g/mol. The lowest BCUT2D eigenvalue weighted by atomic mass is 9.95. The number of nitrogens with one attached hydrogen (secondary N) is 1. The summed E-state index contributed by atoms with van der Waals surface area (Å²) < 4.78 is 19.5. The molecule has 106 valence electrons. The predicted molar refractivity (Wildman–Crippen MR) is 75.6 cm³/mol. The Labute approximate surface area is 115 Å². The Balaban J connectivity index is 2.04. The van der Waals surface area contributed by atoms with E-state index in [4.69, 9.17) is 4.74 Å². The fourth-order valence-corrected chi connectivity index (χ4v) is 2.09. The van der Waals surface area contributed by atoms with Gasteiger partial charge in [-0.05, 0) is 57.7 Å². The highest BCUT2D eigenvalue weighted by Crippen LogP contribution is 2.29. The summed E-state index contributed by atoms with van der Waals surface area (Å²) in [5, 5.41) is 3.45. The van der Waals surface area contributed by atoms with Crippen LogP contribution in [0.5, 0.6) is 0 Å². The molecule has 0 bridgehead atoms. The van der Waals surface area contributed by atoms with Crippen molar-refractivity contribution in [2.24, 2.45) is 0 Å². The van der Waals surface area contributed by atoms with Crippen LogP contribution in [0.15, 0.2) is 24.3 Å². The van der Waals surface area contributed by atoms with Gasteiger partial charge in [0.2, 0.25) is 0 Å². The van der Waals surface area contributed by atoms with Crippen molar-refractivity contribution in [3.8, 4) is 0 Å². The van der Waals surface area contributed by atoms with Crippen molar-refractivity contribution in [2.75, 3.05) is 6.54 Å². The molecule has 1 aromatic rings. The molecule has 0 aliphatic heterocycles. The second-order valence-electron chi connectivity index (χ2n) is 6.36. The van der Waals surface area contributed by atoms with Crippen LogP contribution in [0, 0.1) is 5.82 Å². The first kappa shape index (κ1) is 14.5. The molecule has 1 atom stereocenters. The molecular formula is C16H24FNO. The molecule has 1 unspecified atom stereocenters. The van der Waals surface area contributed by atoms with Gasteiger partial charge in [-0.15, -0.1) is 0 Å². The zero-order valence-electron chi connectivity index (χ0n) is 12.1. The van der Waals surface area contributed by atoms with Gasteiger partial charge in [0.15, 0.2) is 0 Å². The van der Waals surface area contributed by atoms with Crippen molar-refractivity contribution in [3.63, 3.8) is 0 Å². The van der Waals surface area contributed by atoms with Gasteiger partial charge in [0.05, 0.1) is 12.2 Å². The topological polar surface area (TPSA) is 21.3 Å². The van der Waals surface area contributed by atoms with Gasteiger partial charge in [-0.25, -0.2) is 4.39 Å². The van der Waals surface area contributed by atoms with Crippen LogP contribution in [-0.4, -0.2) is 18.2 Å². The Morgan fingerprint density at radius 2 is 2.11 bits per heavy atom. The molecule has 0 heterocycles. The van der Waals surface area contributed by atoms with Gasteiger partial charge >= 0.3 is 0 Å². The molecule has 0 amide bonds. The van der Waals surface area contributed by atoms with E-state index < -0.39 is 0 Å². The maximum Gasteiger partial charge on any atom is 0.123 e. The minimum atomic E-state index is -0.199. The lowest BCUT2D eigenvalue weighted by molar-refractivity contribution is -0.0539. The Morgan fingerprint density at radius 3 is 2.63 bits per heavy atom. The average Bonchev–Trinajstić information content (AvgIpc) is 2.25. The summed E-state index contributed by atoms with van der Waals surface area (Å²) in [4.78, 5) is 0. The Kier molecular flexibility index (Phi) is 4.58. The third kappa shape index (κ3) is 4.59.